The van der Waals surface area contributed by atoms with E-state index < -0.39 is 6.10 Å². The first-order chi connectivity index (χ1) is 15.2. The van der Waals surface area contributed by atoms with E-state index in [2.05, 4.69) is 32.6 Å². The number of aliphatic hydroxyl groups is 1. The zero-order chi connectivity index (χ0) is 21.0. The molecule has 0 saturated carbocycles. The van der Waals surface area contributed by atoms with Gasteiger partial charge in [0.1, 0.15) is 6.10 Å². The van der Waals surface area contributed by atoms with Crippen LogP contribution in [0, 0.1) is 0 Å². The van der Waals surface area contributed by atoms with Crippen LogP contribution in [-0.2, 0) is 6.42 Å². The third kappa shape index (κ3) is 4.47. The predicted octanol–water partition coefficient (Wildman–Crippen LogP) is 7.50. The first-order valence-electron chi connectivity index (χ1n) is 10.1. The summed E-state index contributed by atoms with van der Waals surface area (Å²) in [5.74, 6) is 0. The van der Waals surface area contributed by atoms with Gasteiger partial charge >= 0.3 is 0 Å². The van der Waals surface area contributed by atoms with E-state index in [1.165, 1.54) is 0 Å². The summed E-state index contributed by atoms with van der Waals surface area (Å²) < 4.78 is 0. The van der Waals surface area contributed by atoms with E-state index in [4.69, 9.17) is 0 Å². The molecular formula is C26H20N4O. The largest absolute Gasteiger partial charge is 0.384 e. The molecule has 0 radical (unpaired) electrons. The second-order valence-electron chi connectivity index (χ2n) is 7.51. The Labute approximate surface area is 180 Å². The molecule has 1 aliphatic heterocycles. The highest BCUT2D eigenvalue weighted by Gasteiger charge is 2.12. The minimum absolute atomic E-state index is 0.687. The van der Waals surface area contributed by atoms with Crippen molar-refractivity contribution in [3.63, 3.8) is 0 Å². The average molecular weight is 404 g/mol. The van der Waals surface area contributed by atoms with Crippen LogP contribution < -0.4 is 0 Å². The highest BCUT2D eigenvalue weighted by Crippen LogP contribution is 2.30. The van der Waals surface area contributed by atoms with Gasteiger partial charge in [-0.25, -0.2) is 0 Å². The van der Waals surface area contributed by atoms with E-state index in [9.17, 15) is 5.11 Å². The monoisotopic (exact) mass is 404 g/mol. The van der Waals surface area contributed by atoms with Crippen LogP contribution in [0.25, 0.3) is 0 Å². The number of hydrogen-bond donors (Lipinski definition) is 1. The number of rotatable bonds is 0. The van der Waals surface area contributed by atoms with Gasteiger partial charge in [0.15, 0.2) is 0 Å². The molecular weight excluding hydrogens is 384 g/mol. The van der Waals surface area contributed by atoms with E-state index in [1.54, 1.807) is 0 Å². The van der Waals surface area contributed by atoms with Crippen molar-refractivity contribution < 1.29 is 5.11 Å². The van der Waals surface area contributed by atoms with E-state index in [0.29, 0.717) is 11.4 Å². The fourth-order valence-corrected chi connectivity index (χ4v) is 3.63. The molecule has 1 aliphatic rings. The van der Waals surface area contributed by atoms with Gasteiger partial charge in [-0.2, -0.15) is 20.5 Å². The molecule has 5 nitrogen and oxygen atoms in total. The minimum Gasteiger partial charge on any atom is -0.384 e. The van der Waals surface area contributed by atoms with Crippen LogP contribution in [0.3, 0.4) is 0 Å². The van der Waals surface area contributed by atoms with Crippen molar-refractivity contribution in [3.8, 4) is 0 Å². The number of fused-ring (bicyclic) bond motifs is 8. The molecule has 0 atom stereocenters. The fraction of sp³-hybridized carbons (Fsp3) is 0.0769. The average Bonchev–Trinajstić information content (AvgIpc) is 2.81. The van der Waals surface area contributed by atoms with E-state index >= 15 is 0 Å². The molecule has 4 aromatic carbocycles. The smallest absolute Gasteiger partial charge is 0.104 e. The molecule has 150 valence electrons. The summed E-state index contributed by atoms with van der Waals surface area (Å²) in [5, 5.41) is 28.5. The van der Waals surface area contributed by atoms with Crippen molar-refractivity contribution in [1.29, 1.82) is 0 Å². The summed E-state index contributed by atoms with van der Waals surface area (Å²) in [5.41, 5.74) is 6.72. The van der Waals surface area contributed by atoms with Crippen LogP contribution in [0.15, 0.2) is 118 Å². The van der Waals surface area contributed by atoms with Crippen LogP contribution in [-0.4, -0.2) is 5.11 Å². The molecule has 5 heteroatoms. The van der Waals surface area contributed by atoms with Crippen molar-refractivity contribution >= 4 is 22.7 Å². The van der Waals surface area contributed by atoms with Crippen LogP contribution in [0.2, 0.25) is 0 Å². The normalized spacial score (nSPS) is 15.2. The Kier molecular flexibility index (Phi) is 5.17. The predicted molar refractivity (Wildman–Crippen MR) is 121 cm³/mol. The molecule has 1 N–H and O–H groups in total. The number of azo groups is 2. The molecule has 0 spiro atoms. The topological polar surface area (TPSA) is 69.7 Å². The van der Waals surface area contributed by atoms with Gasteiger partial charge in [0.2, 0.25) is 0 Å². The Bertz CT molecular complexity index is 1200. The van der Waals surface area contributed by atoms with Crippen molar-refractivity contribution in [2.75, 3.05) is 0 Å². The maximum atomic E-state index is 10.9. The highest BCUT2D eigenvalue weighted by molar-refractivity contribution is 5.49. The van der Waals surface area contributed by atoms with Crippen molar-refractivity contribution in [1.82, 2.24) is 0 Å². The van der Waals surface area contributed by atoms with Gasteiger partial charge in [-0.3, -0.25) is 0 Å². The quantitative estimate of drug-likeness (QED) is 0.324. The standard InChI is InChI=1S/C26H20N4O/c31-26-20-7-3-11-24(16-20)29-27-22-9-1-5-18(14-22)13-19-6-2-10-23(15-19)28-30-25-12-4-8-21(26)17-25/h1-12,14-17,26,31H,13H2. The molecule has 0 fully saturated rings. The third-order valence-electron chi connectivity index (χ3n) is 5.16. The van der Waals surface area contributed by atoms with Gasteiger partial charge in [0.25, 0.3) is 0 Å². The Morgan fingerprint density at radius 3 is 1.35 bits per heavy atom. The molecule has 0 amide bonds. The summed E-state index contributed by atoms with van der Waals surface area (Å²) in [7, 11) is 0. The van der Waals surface area contributed by atoms with Crippen molar-refractivity contribution in [3.05, 3.63) is 119 Å². The van der Waals surface area contributed by atoms with E-state index in [1.807, 2.05) is 84.9 Å². The van der Waals surface area contributed by atoms with Crippen molar-refractivity contribution in [2.24, 2.45) is 20.5 Å². The molecule has 0 unspecified atom stereocenters. The highest BCUT2D eigenvalue weighted by atomic mass is 16.3. The van der Waals surface area contributed by atoms with Gasteiger partial charge in [-0.15, -0.1) is 0 Å². The second-order valence-corrected chi connectivity index (χ2v) is 7.51. The lowest BCUT2D eigenvalue weighted by Crippen LogP contribution is -1.98. The lowest BCUT2D eigenvalue weighted by atomic mass is 10.0. The van der Waals surface area contributed by atoms with Gasteiger partial charge in [0.05, 0.1) is 22.7 Å². The Morgan fingerprint density at radius 2 is 0.903 bits per heavy atom. The Morgan fingerprint density at radius 1 is 0.516 bits per heavy atom. The first kappa shape index (κ1) is 19.0. The molecule has 0 aromatic heterocycles. The summed E-state index contributed by atoms with van der Waals surface area (Å²) in [4.78, 5) is 0. The molecule has 4 aromatic rings. The van der Waals surface area contributed by atoms with E-state index in [-0.39, 0.29) is 0 Å². The van der Waals surface area contributed by atoms with E-state index in [0.717, 1.165) is 40.0 Å². The van der Waals surface area contributed by atoms with Crippen LogP contribution in [0.5, 0.6) is 0 Å². The minimum atomic E-state index is -0.796. The Balaban J connectivity index is 1.62. The molecule has 31 heavy (non-hydrogen) atoms. The summed E-state index contributed by atoms with van der Waals surface area (Å²) in [6.07, 6.45) is -0.0278. The maximum Gasteiger partial charge on any atom is 0.104 e. The maximum absolute atomic E-state index is 10.9. The molecule has 0 aliphatic carbocycles. The lowest BCUT2D eigenvalue weighted by Gasteiger charge is -2.12. The second kappa shape index (κ2) is 8.42. The molecule has 1 heterocycles. The van der Waals surface area contributed by atoms with Gasteiger partial charge in [-0.05, 0) is 77.2 Å². The van der Waals surface area contributed by atoms with Gasteiger partial charge in [-0.1, -0.05) is 48.5 Å². The molecule has 5 rings (SSSR count). The van der Waals surface area contributed by atoms with Crippen LogP contribution in [0.4, 0.5) is 22.7 Å². The zero-order valence-corrected chi connectivity index (χ0v) is 16.8. The SMILES string of the molecule is OC1c2cccc(c2)N=Nc2cccc(c2)Cc2cccc(c2)N=Nc2cccc1c2. The number of hydrogen-bond acceptors (Lipinski definition) is 5. The summed E-state index contributed by atoms with van der Waals surface area (Å²) in [6.45, 7) is 0. The van der Waals surface area contributed by atoms with Gasteiger partial charge < -0.3 is 5.11 Å². The molecule has 0 saturated heterocycles. The summed E-state index contributed by atoms with van der Waals surface area (Å²) in [6, 6.07) is 31.0. The third-order valence-corrected chi connectivity index (χ3v) is 5.16. The number of nitrogens with zero attached hydrogens (tertiary/aromatic N) is 4. The number of benzene rings is 4. The first-order valence-corrected chi connectivity index (χ1v) is 10.1. The van der Waals surface area contributed by atoms with Gasteiger partial charge in [0, 0.05) is 0 Å². The fourth-order valence-electron chi connectivity index (χ4n) is 3.63. The lowest BCUT2D eigenvalue weighted by molar-refractivity contribution is 0.220. The van der Waals surface area contributed by atoms with Crippen LogP contribution >= 0.6 is 0 Å². The van der Waals surface area contributed by atoms with Crippen LogP contribution in [0.1, 0.15) is 28.4 Å². The Hall–Kier alpha value is -3.96. The molecule has 8 bridgehead atoms. The number of aliphatic hydroxyl groups excluding tert-OH is 1. The van der Waals surface area contributed by atoms with Crippen molar-refractivity contribution in [2.45, 2.75) is 12.5 Å². The zero-order valence-electron chi connectivity index (χ0n) is 16.8. The summed E-state index contributed by atoms with van der Waals surface area (Å²) >= 11 is 0.